The summed E-state index contributed by atoms with van der Waals surface area (Å²) >= 11 is 0. The highest BCUT2D eigenvalue weighted by molar-refractivity contribution is 5.62. The maximum atomic E-state index is 5.61. The van der Waals surface area contributed by atoms with Gasteiger partial charge in [0.25, 0.3) is 0 Å². The number of rotatable bonds is 4. The molecule has 0 radical (unpaired) electrons. The zero-order valence-electron chi connectivity index (χ0n) is 14.4. The Kier molecular flexibility index (Phi) is 4.20. The van der Waals surface area contributed by atoms with Crippen molar-refractivity contribution in [1.29, 1.82) is 0 Å². The molecule has 0 spiro atoms. The minimum Gasteiger partial charge on any atom is -0.308 e. The molecular weight excluding hydrogens is 314 g/mol. The van der Waals surface area contributed by atoms with Crippen LogP contribution in [0.25, 0.3) is 0 Å². The SMILES string of the molecule is C#Cc1cnc([N+]2=CCN(C)CCC2)nc1Nc1cc(C2CC2)[nH]n1. The second kappa shape index (κ2) is 6.65. The van der Waals surface area contributed by atoms with Gasteiger partial charge >= 0.3 is 5.95 Å². The molecule has 0 unspecified atom stereocenters. The topological polar surface area (TPSA) is 72.7 Å². The van der Waals surface area contributed by atoms with Gasteiger partial charge in [0.2, 0.25) is 5.82 Å². The van der Waals surface area contributed by atoms with E-state index in [1.807, 2.05) is 6.07 Å². The molecule has 0 amide bonds. The minimum absolute atomic E-state index is 0.618. The molecule has 1 aliphatic carbocycles. The molecule has 7 heteroatoms. The van der Waals surface area contributed by atoms with Crippen molar-refractivity contribution in [3.05, 3.63) is 23.5 Å². The first-order valence-electron chi connectivity index (χ1n) is 8.67. The number of aromatic nitrogens is 4. The summed E-state index contributed by atoms with van der Waals surface area (Å²) in [6.07, 6.45) is 13.0. The van der Waals surface area contributed by atoms with Crippen LogP contribution in [-0.2, 0) is 0 Å². The number of hydrogen-bond acceptors (Lipinski definition) is 5. The summed E-state index contributed by atoms with van der Waals surface area (Å²) in [6.45, 7) is 2.85. The Morgan fingerprint density at radius 2 is 2.32 bits per heavy atom. The zero-order chi connectivity index (χ0) is 17.2. The summed E-state index contributed by atoms with van der Waals surface area (Å²) in [5.41, 5.74) is 1.80. The van der Waals surface area contributed by atoms with Crippen LogP contribution in [0.5, 0.6) is 0 Å². The molecule has 2 aromatic heterocycles. The molecule has 7 nitrogen and oxygen atoms in total. The normalized spacial score (nSPS) is 18.3. The van der Waals surface area contributed by atoms with E-state index in [1.165, 1.54) is 18.5 Å². The molecule has 0 atom stereocenters. The predicted octanol–water partition coefficient (Wildman–Crippen LogP) is 1.85. The van der Waals surface area contributed by atoms with Crippen LogP contribution in [0, 0.1) is 12.3 Å². The van der Waals surface area contributed by atoms with Crippen LogP contribution in [0.4, 0.5) is 17.6 Å². The first-order chi connectivity index (χ1) is 12.2. The predicted molar refractivity (Wildman–Crippen MR) is 96.8 cm³/mol. The number of aromatic amines is 1. The fraction of sp³-hybridized carbons (Fsp3) is 0.444. The Balaban J connectivity index is 1.60. The molecule has 0 bridgehead atoms. The summed E-state index contributed by atoms with van der Waals surface area (Å²) in [6, 6.07) is 2.03. The fourth-order valence-electron chi connectivity index (χ4n) is 2.95. The third-order valence-corrected chi connectivity index (χ3v) is 4.60. The Labute approximate surface area is 147 Å². The van der Waals surface area contributed by atoms with Crippen LogP contribution < -0.4 is 5.32 Å². The van der Waals surface area contributed by atoms with Crippen molar-refractivity contribution in [2.75, 3.05) is 32.0 Å². The highest BCUT2D eigenvalue weighted by Crippen LogP contribution is 2.39. The second-order valence-corrected chi connectivity index (χ2v) is 6.68. The van der Waals surface area contributed by atoms with Gasteiger partial charge in [-0.25, -0.2) is 4.58 Å². The van der Waals surface area contributed by atoms with E-state index >= 15 is 0 Å². The van der Waals surface area contributed by atoms with E-state index in [1.54, 1.807) is 6.20 Å². The van der Waals surface area contributed by atoms with Gasteiger partial charge in [0.1, 0.15) is 11.8 Å². The fourth-order valence-corrected chi connectivity index (χ4v) is 2.95. The smallest absolute Gasteiger partial charge is 0.308 e. The van der Waals surface area contributed by atoms with E-state index in [-0.39, 0.29) is 0 Å². The van der Waals surface area contributed by atoms with E-state index in [4.69, 9.17) is 6.42 Å². The lowest BCUT2D eigenvalue weighted by molar-refractivity contribution is -0.443. The highest BCUT2D eigenvalue weighted by Gasteiger charge is 2.26. The third kappa shape index (κ3) is 3.54. The molecule has 3 heterocycles. The summed E-state index contributed by atoms with van der Waals surface area (Å²) in [4.78, 5) is 11.4. The number of H-pyrrole nitrogens is 1. The number of terminal acetylenes is 1. The van der Waals surface area contributed by atoms with Gasteiger partial charge in [-0.1, -0.05) is 10.9 Å². The summed E-state index contributed by atoms with van der Waals surface area (Å²) in [5.74, 6) is 5.29. The molecule has 2 aromatic rings. The average Bonchev–Trinajstić information content (AvgIpc) is 3.40. The molecule has 0 saturated heterocycles. The van der Waals surface area contributed by atoms with Crippen molar-refractivity contribution in [3.63, 3.8) is 0 Å². The molecular formula is C18H22N7+. The minimum atomic E-state index is 0.618. The van der Waals surface area contributed by atoms with Gasteiger partial charge in [-0.05, 0) is 31.3 Å². The molecule has 0 aromatic carbocycles. The summed E-state index contributed by atoms with van der Waals surface area (Å²) in [7, 11) is 2.12. The molecule has 2 N–H and O–H groups in total. The largest absolute Gasteiger partial charge is 0.434 e. The van der Waals surface area contributed by atoms with E-state index in [9.17, 15) is 0 Å². The highest BCUT2D eigenvalue weighted by atomic mass is 15.2. The molecule has 128 valence electrons. The van der Waals surface area contributed by atoms with E-state index < -0.39 is 0 Å². The van der Waals surface area contributed by atoms with E-state index in [2.05, 4.69) is 54.1 Å². The van der Waals surface area contributed by atoms with Crippen LogP contribution in [-0.4, -0.2) is 62.5 Å². The van der Waals surface area contributed by atoms with Crippen molar-refractivity contribution < 1.29 is 4.58 Å². The van der Waals surface area contributed by atoms with Gasteiger partial charge < -0.3 is 5.32 Å². The number of anilines is 2. The van der Waals surface area contributed by atoms with Crippen molar-refractivity contribution in [3.8, 4) is 12.3 Å². The van der Waals surface area contributed by atoms with Crippen LogP contribution in [0.1, 0.15) is 36.4 Å². The Morgan fingerprint density at radius 3 is 3.12 bits per heavy atom. The standard InChI is InChI=1S/C18H22N7/c1-3-13-12-19-18(25-8-4-7-24(2)9-10-25)21-17(13)20-16-11-15(22-23-16)14-5-6-14/h1,10-12,14H,4-9H2,2H3,(H2,19,20,21,22,23)/q+1. The van der Waals surface area contributed by atoms with Gasteiger partial charge in [-0.15, -0.1) is 6.42 Å². The van der Waals surface area contributed by atoms with Gasteiger partial charge in [0, 0.05) is 30.8 Å². The van der Waals surface area contributed by atoms with Crippen molar-refractivity contribution in [1.82, 2.24) is 25.1 Å². The summed E-state index contributed by atoms with van der Waals surface area (Å²) < 4.78 is 2.09. The van der Waals surface area contributed by atoms with Crippen molar-refractivity contribution >= 4 is 23.8 Å². The lowest BCUT2D eigenvalue weighted by Gasteiger charge is -2.08. The maximum absolute atomic E-state index is 5.61. The molecule has 25 heavy (non-hydrogen) atoms. The zero-order valence-corrected chi connectivity index (χ0v) is 14.4. The van der Waals surface area contributed by atoms with Crippen LogP contribution in [0.2, 0.25) is 0 Å². The molecule has 2 aliphatic rings. The van der Waals surface area contributed by atoms with E-state index in [0.29, 0.717) is 23.2 Å². The second-order valence-electron chi connectivity index (χ2n) is 6.68. The number of hydrogen-bond donors (Lipinski definition) is 2. The molecule has 1 saturated carbocycles. The lowest BCUT2D eigenvalue weighted by atomic mass is 10.3. The summed E-state index contributed by atoms with van der Waals surface area (Å²) in [5, 5.41) is 10.7. The number of nitrogens with one attached hydrogen (secondary N) is 2. The monoisotopic (exact) mass is 336 g/mol. The van der Waals surface area contributed by atoms with E-state index in [0.717, 1.165) is 31.9 Å². The van der Waals surface area contributed by atoms with Crippen molar-refractivity contribution in [2.45, 2.75) is 25.2 Å². The molecule has 1 fully saturated rings. The third-order valence-electron chi connectivity index (χ3n) is 4.60. The van der Waals surface area contributed by atoms with Crippen LogP contribution in [0.3, 0.4) is 0 Å². The Morgan fingerprint density at radius 1 is 1.44 bits per heavy atom. The van der Waals surface area contributed by atoms with Crippen molar-refractivity contribution in [2.24, 2.45) is 0 Å². The van der Waals surface area contributed by atoms with Gasteiger partial charge in [0.15, 0.2) is 5.82 Å². The van der Waals surface area contributed by atoms with Crippen LogP contribution in [0.15, 0.2) is 12.3 Å². The van der Waals surface area contributed by atoms with Gasteiger partial charge in [-0.3, -0.25) is 10.00 Å². The number of nitrogens with zero attached hydrogens (tertiary/aromatic N) is 5. The molecule has 1 aliphatic heterocycles. The lowest BCUT2D eigenvalue weighted by Crippen LogP contribution is -2.20. The maximum Gasteiger partial charge on any atom is 0.434 e. The van der Waals surface area contributed by atoms with Crippen LogP contribution >= 0.6 is 0 Å². The Bertz CT molecular complexity index is 841. The first kappa shape index (κ1) is 15.8. The quantitative estimate of drug-likeness (QED) is 0.658. The average molecular weight is 336 g/mol. The Hall–Kier alpha value is -2.72. The molecule has 4 rings (SSSR count). The van der Waals surface area contributed by atoms with Gasteiger partial charge in [-0.2, -0.15) is 5.10 Å². The van der Waals surface area contributed by atoms with Gasteiger partial charge in [0.05, 0.1) is 12.8 Å². The first-order valence-corrected chi connectivity index (χ1v) is 8.67.